The normalized spacial score (nSPS) is 13.8. The third kappa shape index (κ3) is 5.23. The molecular formula is C10H15F3N4O2. The van der Waals surface area contributed by atoms with E-state index >= 15 is 0 Å². The van der Waals surface area contributed by atoms with Gasteiger partial charge < -0.3 is 5.11 Å². The van der Waals surface area contributed by atoms with Crippen molar-refractivity contribution in [2.45, 2.75) is 39.4 Å². The molecule has 6 nitrogen and oxygen atoms in total. The molecule has 1 heterocycles. The van der Waals surface area contributed by atoms with Gasteiger partial charge in [-0.1, -0.05) is 13.8 Å². The van der Waals surface area contributed by atoms with Crippen molar-refractivity contribution in [1.29, 1.82) is 0 Å². The Morgan fingerprint density at radius 2 is 2.05 bits per heavy atom. The van der Waals surface area contributed by atoms with Crippen molar-refractivity contribution in [1.82, 2.24) is 20.2 Å². The second-order valence-corrected chi connectivity index (χ2v) is 4.73. The Morgan fingerprint density at radius 3 is 2.53 bits per heavy atom. The summed E-state index contributed by atoms with van der Waals surface area (Å²) in [6.07, 6.45) is -5.35. The molecule has 0 amide bonds. The Kier molecular flexibility index (Phi) is 4.84. The summed E-state index contributed by atoms with van der Waals surface area (Å²) in [5.41, 5.74) is 0. The predicted molar refractivity (Wildman–Crippen MR) is 58.2 cm³/mol. The van der Waals surface area contributed by atoms with Crippen LogP contribution in [0.1, 0.15) is 26.1 Å². The molecule has 0 aliphatic carbocycles. The van der Waals surface area contributed by atoms with Gasteiger partial charge in [0.05, 0.1) is 12.5 Å². The molecule has 9 heteroatoms. The summed E-state index contributed by atoms with van der Waals surface area (Å²) in [6, 6.07) is 0. The second kappa shape index (κ2) is 5.98. The van der Waals surface area contributed by atoms with Crippen LogP contribution in [0.3, 0.4) is 0 Å². The number of aliphatic carboxylic acids is 1. The lowest BCUT2D eigenvalue weighted by atomic mass is 9.97. The smallest absolute Gasteiger partial charge is 0.396 e. The summed E-state index contributed by atoms with van der Waals surface area (Å²) in [7, 11) is 0. The van der Waals surface area contributed by atoms with Crippen LogP contribution in [0.5, 0.6) is 0 Å². The summed E-state index contributed by atoms with van der Waals surface area (Å²) in [4.78, 5) is 11.1. The molecule has 0 aliphatic heterocycles. The second-order valence-electron chi connectivity index (χ2n) is 4.73. The summed E-state index contributed by atoms with van der Waals surface area (Å²) in [5, 5.41) is 18.9. The van der Waals surface area contributed by atoms with Crippen LogP contribution in [0.25, 0.3) is 0 Å². The van der Waals surface area contributed by atoms with Crippen LogP contribution in [-0.2, 0) is 17.8 Å². The van der Waals surface area contributed by atoms with Gasteiger partial charge >= 0.3 is 12.1 Å². The first-order chi connectivity index (χ1) is 8.69. The predicted octanol–water partition coefficient (Wildman–Crippen LogP) is 1.52. The number of carboxylic acid groups (broad SMARTS) is 1. The zero-order valence-corrected chi connectivity index (χ0v) is 10.6. The zero-order valence-electron chi connectivity index (χ0n) is 10.6. The quantitative estimate of drug-likeness (QED) is 0.854. The third-order valence-electron chi connectivity index (χ3n) is 2.46. The highest BCUT2D eigenvalue weighted by Gasteiger charge is 2.32. The largest absolute Gasteiger partial charge is 0.481 e. The average Bonchev–Trinajstić information content (AvgIpc) is 2.61. The monoisotopic (exact) mass is 280 g/mol. The zero-order chi connectivity index (χ0) is 14.6. The third-order valence-corrected chi connectivity index (χ3v) is 2.46. The van der Waals surface area contributed by atoms with Crippen molar-refractivity contribution < 1.29 is 23.1 Å². The number of alkyl halides is 3. The minimum atomic E-state index is -4.43. The van der Waals surface area contributed by atoms with E-state index in [1.807, 2.05) is 13.8 Å². The van der Waals surface area contributed by atoms with Crippen molar-refractivity contribution in [2.75, 3.05) is 0 Å². The lowest BCUT2D eigenvalue weighted by Crippen LogP contribution is -2.25. The molecule has 0 bridgehead atoms. The fourth-order valence-corrected chi connectivity index (χ4v) is 1.70. The van der Waals surface area contributed by atoms with Gasteiger partial charge in [-0.2, -0.15) is 13.2 Å². The van der Waals surface area contributed by atoms with E-state index in [4.69, 9.17) is 5.11 Å². The number of hydrogen-bond acceptors (Lipinski definition) is 4. The lowest BCUT2D eigenvalue weighted by molar-refractivity contribution is -0.143. The number of halogens is 3. The van der Waals surface area contributed by atoms with Gasteiger partial charge in [0.25, 0.3) is 0 Å². The number of carbonyl (C=O) groups is 1. The van der Waals surface area contributed by atoms with Gasteiger partial charge in [-0.25, -0.2) is 4.68 Å². The molecule has 0 aliphatic rings. The van der Waals surface area contributed by atoms with Gasteiger partial charge in [0, 0.05) is 0 Å². The van der Waals surface area contributed by atoms with Crippen molar-refractivity contribution >= 4 is 5.97 Å². The molecular weight excluding hydrogens is 265 g/mol. The first-order valence-electron chi connectivity index (χ1n) is 5.73. The standard InChI is InChI=1S/C10H15F3N4O2/c1-6(2)3-7(9(18)19)5-17-8(14-15-16-17)4-10(11,12)13/h6-7H,3-5H2,1-2H3,(H,18,19). The Labute approximate surface area is 107 Å². The fraction of sp³-hybridized carbons (Fsp3) is 0.800. The Morgan fingerprint density at radius 1 is 1.42 bits per heavy atom. The van der Waals surface area contributed by atoms with Gasteiger partial charge in [0.15, 0.2) is 5.82 Å². The molecule has 19 heavy (non-hydrogen) atoms. The Bertz CT molecular complexity index is 431. The number of rotatable bonds is 6. The summed E-state index contributed by atoms with van der Waals surface area (Å²) in [5.74, 6) is -2.14. The number of nitrogens with zero attached hydrogens (tertiary/aromatic N) is 4. The van der Waals surface area contributed by atoms with Crippen LogP contribution < -0.4 is 0 Å². The van der Waals surface area contributed by atoms with E-state index < -0.39 is 24.5 Å². The van der Waals surface area contributed by atoms with Crippen molar-refractivity contribution in [3.05, 3.63) is 5.82 Å². The molecule has 0 radical (unpaired) electrons. The minimum Gasteiger partial charge on any atom is -0.481 e. The molecule has 1 aromatic rings. The molecule has 0 saturated heterocycles. The van der Waals surface area contributed by atoms with E-state index in [2.05, 4.69) is 15.5 Å². The average molecular weight is 280 g/mol. The summed E-state index contributed by atoms with van der Waals surface area (Å²) >= 11 is 0. The molecule has 1 unspecified atom stereocenters. The van der Waals surface area contributed by atoms with Gasteiger partial charge in [-0.15, -0.1) is 5.10 Å². The molecule has 0 fully saturated rings. The summed E-state index contributed by atoms with van der Waals surface area (Å²) in [6.45, 7) is 3.52. The van der Waals surface area contributed by atoms with Crippen molar-refractivity contribution in [3.8, 4) is 0 Å². The number of aromatic nitrogens is 4. The Hall–Kier alpha value is -1.67. The lowest BCUT2D eigenvalue weighted by Gasteiger charge is -2.15. The van der Waals surface area contributed by atoms with Gasteiger partial charge in [0.1, 0.15) is 6.42 Å². The van der Waals surface area contributed by atoms with Crippen LogP contribution in [0.15, 0.2) is 0 Å². The van der Waals surface area contributed by atoms with Gasteiger partial charge in [-0.3, -0.25) is 4.79 Å². The van der Waals surface area contributed by atoms with Crippen molar-refractivity contribution in [3.63, 3.8) is 0 Å². The maximum absolute atomic E-state index is 12.3. The van der Waals surface area contributed by atoms with Gasteiger partial charge in [0.2, 0.25) is 0 Å². The molecule has 1 atom stereocenters. The summed E-state index contributed by atoms with van der Waals surface area (Å²) < 4.78 is 37.8. The van der Waals surface area contributed by atoms with Crippen LogP contribution in [0.2, 0.25) is 0 Å². The van der Waals surface area contributed by atoms with E-state index in [9.17, 15) is 18.0 Å². The van der Waals surface area contributed by atoms with Crippen LogP contribution >= 0.6 is 0 Å². The number of tetrazole rings is 1. The van der Waals surface area contributed by atoms with Crippen LogP contribution in [0, 0.1) is 11.8 Å². The maximum Gasteiger partial charge on any atom is 0.396 e. The highest BCUT2D eigenvalue weighted by molar-refractivity contribution is 5.69. The van der Waals surface area contributed by atoms with Gasteiger partial charge in [-0.05, 0) is 22.8 Å². The molecule has 0 saturated carbocycles. The van der Waals surface area contributed by atoms with E-state index in [0.29, 0.717) is 6.42 Å². The fourth-order valence-electron chi connectivity index (χ4n) is 1.70. The molecule has 0 spiro atoms. The molecule has 108 valence electrons. The van der Waals surface area contributed by atoms with Crippen LogP contribution in [0.4, 0.5) is 13.2 Å². The molecule has 1 N–H and O–H groups in total. The number of carboxylic acids is 1. The molecule has 1 aromatic heterocycles. The van der Waals surface area contributed by atoms with Crippen LogP contribution in [-0.4, -0.2) is 37.5 Å². The molecule has 1 rings (SSSR count). The molecule has 0 aromatic carbocycles. The van der Waals surface area contributed by atoms with E-state index in [-0.39, 0.29) is 18.3 Å². The van der Waals surface area contributed by atoms with E-state index in [1.165, 1.54) is 0 Å². The van der Waals surface area contributed by atoms with E-state index in [1.54, 1.807) is 0 Å². The maximum atomic E-state index is 12.3. The Balaban J connectivity index is 2.80. The van der Waals surface area contributed by atoms with Crippen molar-refractivity contribution in [2.24, 2.45) is 11.8 Å². The van der Waals surface area contributed by atoms with E-state index in [0.717, 1.165) is 4.68 Å². The highest BCUT2D eigenvalue weighted by atomic mass is 19.4. The SMILES string of the molecule is CC(C)CC(Cn1nnnc1CC(F)(F)F)C(=O)O. The first kappa shape index (κ1) is 15.4. The number of hydrogen-bond donors (Lipinski definition) is 1. The minimum absolute atomic E-state index is 0.114. The first-order valence-corrected chi connectivity index (χ1v) is 5.73. The topological polar surface area (TPSA) is 80.9 Å². The highest BCUT2D eigenvalue weighted by Crippen LogP contribution is 2.21.